The molecule has 28 heavy (non-hydrogen) atoms. The summed E-state index contributed by atoms with van der Waals surface area (Å²) in [6.07, 6.45) is 1.08. The second-order valence-corrected chi connectivity index (χ2v) is 8.56. The van der Waals surface area contributed by atoms with Crippen molar-refractivity contribution >= 4 is 56.5 Å². The van der Waals surface area contributed by atoms with E-state index in [4.69, 9.17) is 11.6 Å². The number of fused-ring (bicyclic) bond motifs is 1. The van der Waals surface area contributed by atoms with Gasteiger partial charge in [0, 0.05) is 35.0 Å². The summed E-state index contributed by atoms with van der Waals surface area (Å²) in [5.41, 5.74) is 0.760. The van der Waals surface area contributed by atoms with Crippen molar-refractivity contribution in [2.45, 2.75) is 31.2 Å². The monoisotopic (exact) mass is 435 g/mol. The van der Waals surface area contributed by atoms with Crippen molar-refractivity contribution in [3.63, 3.8) is 0 Å². The van der Waals surface area contributed by atoms with E-state index in [1.165, 1.54) is 23.5 Å². The molecule has 0 saturated heterocycles. The van der Waals surface area contributed by atoms with Gasteiger partial charge in [-0.15, -0.1) is 11.8 Å². The molecule has 0 radical (unpaired) electrons. The molecule has 3 rings (SSSR count). The van der Waals surface area contributed by atoms with Gasteiger partial charge >= 0.3 is 0 Å². The normalized spacial score (nSPS) is 11.9. The Hall–Kier alpha value is -2.16. The molecule has 0 spiro atoms. The zero-order chi connectivity index (χ0) is 20.1. The quantitative estimate of drug-likeness (QED) is 0.219. The first-order chi connectivity index (χ1) is 13.5. The van der Waals surface area contributed by atoms with E-state index in [2.05, 4.69) is 4.99 Å². The van der Waals surface area contributed by atoms with Crippen LogP contribution in [0.25, 0.3) is 10.2 Å². The lowest BCUT2D eigenvalue weighted by molar-refractivity contribution is -0.384. The molecule has 0 aliphatic carbocycles. The summed E-state index contributed by atoms with van der Waals surface area (Å²) >= 11 is 8.91. The molecule has 146 valence electrons. The van der Waals surface area contributed by atoms with Gasteiger partial charge in [0.15, 0.2) is 4.80 Å². The van der Waals surface area contributed by atoms with Gasteiger partial charge in [-0.05, 0) is 49.4 Å². The average molecular weight is 436 g/mol. The number of aryl methyl sites for hydroxylation is 1. The van der Waals surface area contributed by atoms with Gasteiger partial charge in [0.1, 0.15) is 0 Å². The van der Waals surface area contributed by atoms with E-state index < -0.39 is 4.92 Å². The summed E-state index contributed by atoms with van der Waals surface area (Å²) in [4.78, 5) is 28.8. The maximum atomic E-state index is 12.3. The molecule has 1 amide bonds. The highest BCUT2D eigenvalue weighted by Gasteiger charge is 2.12. The Bertz CT molecular complexity index is 1070. The molecule has 1 aromatic heterocycles. The van der Waals surface area contributed by atoms with Gasteiger partial charge in [-0.3, -0.25) is 14.9 Å². The van der Waals surface area contributed by atoms with Gasteiger partial charge < -0.3 is 4.57 Å². The zero-order valence-electron chi connectivity index (χ0n) is 15.1. The zero-order valence-corrected chi connectivity index (χ0v) is 17.5. The Labute approximate surface area is 175 Å². The number of carbonyl (C=O) groups is 1. The van der Waals surface area contributed by atoms with Crippen LogP contribution in [0.1, 0.15) is 19.8 Å². The molecule has 0 bridgehead atoms. The Balaban J connectivity index is 1.68. The van der Waals surface area contributed by atoms with Crippen molar-refractivity contribution in [1.82, 2.24) is 4.57 Å². The van der Waals surface area contributed by atoms with Crippen LogP contribution < -0.4 is 4.80 Å². The van der Waals surface area contributed by atoms with Gasteiger partial charge in [-0.2, -0.15) is 4.99 Å². The van der Waals surface area contributed by atoms with Crippen molar-refractivity contribution in [1.29, 1.82) is 0 Å². The second-order valence-electron chi connectivity index (χ2n) is 5.95. The molecule has 9 heteroatoms. The molecule has 0 aliphatic heterocycles. The van der Waals surface area contributed by atoms with Gasteiger partial charge in [0.05, 0.1) is 15.1 Å². The number of nitro benzene ring substituents is 1. The topological polar surface area (TPSA) is 77.5 Å². The molecule has 1 heterocycles. The predicted molar refractivity (Wildman–Crippen MR) is 114 cm³/mol. The summed E-state index contributed by atoms with van der Waals surface area (Å²) in [5.74, 6) is 0.634. The van der Waals surface area contributed by atoms with Crippen LogP contribution in [0, 0.1) is 10.1 Å². The van der Waals surface area contributed by atoms with E-state index in [-0.39, 0.29) is 11.6 Å². The van der Waals surface area contributed by atoms with E-state index in [1.54, 1.807) is 17.8 Å². The standard InChI is InChI=1S/C19H18ClN3O3S2/c1-2-22-16-12-14(23(25)26)7-10-17(16)28-19(22)21-18(24)4-3-11-27-15-8-5-13(20)6-9-15/h5-10,12H,2-4,11H2,1H3. The summed E-state index contributed by atoms with van der Waals surface area (Å²) in [7, 11) is 0. The van der Waals surface area contributed by atoms with Crippen LogP contribution in [-0.2, 0) is 11.3 Å². The Morgan fingerprint density at radius 2 is 2.04 bits per heavy atom. The Morgan fingerprint density at radius 1 is 1.29 bits per heavy atom. The maximum Gasteiger partial charge on any atom is 0.271 e. The number of aromatic nitrogens is 1. The van der Waals surface area contributed by atoms with E-state index >= 15 is 0 Å². The number of carbonyl (C=O) groups excluding carboxylic acids is 1. The molecule has 0 atom stereocenters. The number of halogens is 1. The fourth-order valence-corrected chi connectivity index (χ4v) is 4.74. The highest BCUT2D eigenvalue weighted by molar-refractivity contribution is 7.99. The fraction of sp³-hybridized carbons (Fsp3) is 0.263. The van der Waals surface area contributed by atoms with E-state index in [0.29, 0.717) is 22.8 Å². The van der Waals surface area contributed by atoms with Crippen molar-refractivity contribution in [2.75, 3.05) is 5.75 Å². The first-order valence-corrected chi connectivity index (χ1v) is 10.9. The van der Waals surface area contributed by atoms with Crippen LogP contribution in [0.2, 0.25) is 5.02 Å². The van der Waals surface area contributed by atoms with E-state index in [1.807, 2.05) is 35.8 Å². The van der Waals surface area contributed by atoms with Crippen LogP contribution in [0.5, 0.6) is 0 Å². The van der Waals surface area contributed by atoms with Gasteiger partial charge in [-0.1, -0.05) is 22.9 Å². The summed E-state index contributed by atoms with van der Waals surface area (Å²) in [6, 6.07) is 12.3. The summed E-state index contributed by atoms with van der Waals surface area (Å²) < 4.78 is 2.71. The lowest BCUT2D eigenvalue weighted by Crippen LogP contribution is -2.15. The maximum absolute atomic E-state index is 12.3. The van der Waals surface area contributed by atoms with Crippen LogP contribution in [0.4, 0.5) is 5.69 Å². The predicted octanol–water partition coefficient (Wildman–Crippen LogP) is 5.28. The highest BCUT2D eigenvalue weighted by atomic mass is 35.5. The molecule has 0 fully saturated rings. The SMILES string of the molecule is CCn1c(=NC(=O)CCCSc2ccc(Cl)cc2)sc2ccc([N+](=O)[O-])cc21. The number of thiazole rings is 1. The number of benzene rings is 2. The first kappa shape index (κ1) is 20.6. The third-order valence-electron chi connectivity index (χ3n) is 4.03. The van der Waals surface area contributed by atoms with Crippen molar-refractivity contribution < 1.29 is 9.72 Å². The van der Waals surface area contributed by atoms with Crippen LogP contribution in [0.15, 0.2) is 52.4 Å². The van der Waals surface area contributed by atoms with E-state index in [0.717, 1.165) is 27.3 Å². The first-order valence-electron chi connectivity index (χ1n) is 8.71. The highest BCUT2D eigenvalue weighted by Crippen LogP contribution is 2.23. The lowest BCUT2D eigenvalue weighted by atomic mass is 10.3. The van der Waals surface area contributed by atoms with Crippen LogP contribution >= 0.6 is 34.7 Å². The van der Waals surface area contributed by atoms with Gasteiger partial charge in [0.25, 0.3) is 5.69 Å². The number of nitrogens with zero attached hydrogens (tertiary/aromatic N) is 3. The molecule has 0 aliphatic rings. The van der Waals surface area contributed by atoms with Gasteiger partial charge in [-0.25, -0.2) is 0 Å². The Kier molecular flexibility index (Phi) is 6.88. The molecule has 6 nitrogen and oxygen atoms in total. The molecule has 0 N–H and O–H groups in total. The smallest absolute Gasteiger partial charge is 0.271 e. The molecule has 0 saturated carbocycles. The molecule has 2 aromatic carbocycles. The number of hydrogen-bond donors (Lipinski definition) is 0. The largest absolute Gasteiger partial charge is 0.316 e. The summed E-state index contributed by atoms with van der Waals surface area (Å²) in [6.45, 7) is 2.51. The number of rotatable bonds is 7. The van der Waals surface area contributed by atoms with Crippen LogP contribution in [-0.4, -0.2) is 21.2 Å². The third kappa shape index (κ3) is 5.01. The minimum atomic E-state index is -0.419. The number of hydrogen-bond acceptors (Lipinski definition) is 5. The number of non-ortho nitro benzene ring substituents is 1. The minimum Gasteiger partial charge on any atom is -0.316 e. The average Bonchev–Trinajstić information content (AvgIpc) is 3.02. The van der Waals surface area contributed by atoms with Crippen molar-refractivity contribution in [3.05, 3.63) is 62.4 Å². The lowest BCUT2D eigenvalue weighted by Gasteiger charge is -2.01. The van der Waals surface area contributed by atoms with Gasteiger partial charge in [0.2, 0.25) is 5.91 Å². The number of nitro groups is 1. The minimum absolute atomic E-state index is 0.0320. The summed E-state index contributed by atoms with van der Waals surface area (Å²) in [5, 5.41) is 11.7. The van der Waals surface area contributed by atoms with Crippen LogP contribution in [0.3, 0.4) is 0 Å². The Morgan fingerprint density at radius 3 is 2.71 bits per heavy atom. The molecular weight excluding hydrogens is 418 g/mol. The fourth-order valence-electron chi connectivity index (χ4n) is 2.67. The third-order valence-corrected chi connectivity index (χ3v) is 6.44. The number of amides is 1. The molecule has 3 aromatic rings. The van der Waals surface area contributed by atoms with Crippen molar-refractivity contribution in [3.8, 4) is 0 Å². The van der Waals surface area contributed by atoms with E-state index in [9.17, 15) is 14.9 Å². The van der Waals surface area contributed by atoms with Crippen molar-refractivity contribution in [2.24, 2.45) is 4.99 Å². The molecule has 0 unspecified atom stereocenters. The number of thioether (sulfide) groups is 1. The second kappa shape index (κ2) is 9.36. The molecular formula is C19H18ClN3O3S2.